The smallest absolute Gasteiger partial charge is 0.0347 e. The third-order valence-electron chi connectivity index (χ3n) is 3.20. The lowest BCUT2D eigenvalue weighted by Crippen LogP contribution is -2.12. The number of nitrogens with one attached hydrogen (secondary N) is 1. The number of fused-ring (bicyclic) bond motifs is 1. The van der Waals surface area contributed by atoms with Gasteiger partial charge < -0.3 is 5.32 Å². The first-order chi connectivity index (χ1) is 7.83. The van der Waals surface area contributed by atoms with Crippen LogP contribution in [0.1, 0.15) is 26.7 Å². The first-order valence-electron chi connectivity index (χ1n) is 6.04. The minimum Gasteiger partial charge on any atom is -0.385 e. The Hall–Kier alpha value is -1.02. The molecule has 1 heterocycles. The Morgan fingerprint density at radius 1 is 1.19 bits per heavy atom. The topological polar surface area (TPSA) is 12.0 Å². The van der Waals surface area contributed by atoms with E-state index >= 15 is 0 Å². The summed E-state index contributed by atoms with van der Waals surface area (Å²) in [7, 11) is 0. The molecule has 1 aromatic heterocycles. The molecule has 0 saturated heterocycles. The Kier molecular flexibility index (Phi) is 3.83. The van der Waals surface area contributed by atoms with Gasteiger partial charge in [-0.25, -0.2) is 0 Å². The quantitative estimate of drug-likeness (QED) is 0.786. The Balaban J connectivity index is 2.03. The zero-order valence-corrected chi connectivity index (χ0v) is 10.8. The van der Waals surface area contributed by atoms with Crippen LogP contribution in [0.25, 0.3) is 10.1 Å². The van der Waals surface area contributed by atoms with Gasteiger partial charge in [-0.15, -0.1) is 11.3 Å². The highest BCUT2D eigenvalue weighted by molar-refractivity contribution is 7.17. The molecule has 86 valence electrons. The number of rotatable bonds is 5. The van der Waals surface area contributed by atoms with Crippen LogP contribution >= 0.6 is 11.3 Å². The molecule has 0 bridgehead atoms. The highest BCUT2D eigenvalue weighted by atomic mass is 32.1. The van der Waals surface area contributed by atoms with Crippen molar-refractivity contribution in [2.75, 3.05) is 11.9 Å². The third-order valence-corrected chi connectivity index (χ3v) is 4.10. The van der Waals surface area contributed by atoms with Gasteiger partial charge in [-0.1, -0.05) is 26.7 Å². The molecule has 0 fully saturated rings. The molecule has 0 atom stereocenters. The first-order valence-corrected chi connectivity index (χ1v) is 6.92. The average molecular weight is 233 g/mol. The third kappa shape index (κ3) is 2.56. The number of anilines is 1. The molecule has 0 aliphatic carbocycles. The van der Waals surface area contributed by atoms with Gasteiger partial charge in [0.1, 0.15) is 0 Å². The summed E-state index contributed by atoms with van der Waals surface area (Å²) in [6.07, 6.45) is 2.51. The van der Waals surface area contributed by atoms with Crippen LogP contribution in [0.2, 0.25) is 0 Å². The van der Waals surface area contributed by atoms with Crippen LogP contribution in [0.5, 0.6) is 0 Å². The second-order valence-electron chi connectivity index (χ2n) is 4.24. The van der Waals surface area contributed by atoms with Crippen molar-refractivity contribution in [1.29, 1.82) is 0 Å². The maximum absolute atomic E-state index is 3.53. The van der Waals surface area contributed by atoms with Gasteiger partial charge in [0.15, 0.2) is 0 Å². The standard InChI is InChI=1S/C14H19NS/c1-3-11(4-2)10-15-13-5-6-14-12(9-13)7-8-16-14/h5-9,11,15H,3-4,10H2,1-2H3. The molecule has 0 radical (unpaired) electrons. The van der Waals surface area contributed by atoms with E-state index in [2.05, 4.69) is 48.8 Å². The highest BCUT2D eigenvalue weighted by Gasteiger charge is 2.03. The van der Waals surface area contributed by atoms with Crippen LogP contribution < -0.4 is 5.32 Å². The lowest BCUT2D eigenvalue weighted by Gasteiger charge is -2.14. The fourth-order valence-corrected chi connectivity index (χ4v) is 2.69. The summed E-state index contributed by atoms with van der Waals surface area (Å²) in [6.45, 7) is 5.61. The fourth-order valence-electron chi connectivity index (χ4n) is 1.92. The van der Waals surface area contributed by atoms with Gasteiger partial charge in [0, 0.05) is 16.9 Å². The van der Waals surface area contributed by atoms with Crippen molar-refractivity contribution in [3.8, 4) is 0 Å². The molecule has 2 heteroatoms. The molecule has 0 spiro atoms. The molecule has 0 saturated carbocycles. The molecule has 0 amide bonds. The molecule has 1 nitrogen and oxygen atoms in total. The van der Waals surface area contributed by atoms with Crippen LogP contribution in [0, 0.1) is 5.92 Å². The second kappa shape index (κ2) is 5.35. The minimum atomic E-state index is 0.790. The van der Waals surface area contributed by atoms with E-state index in [9.17, 15) is 0 Å². The van der Waals surface area contributed by atoms with Gasteiger partial charge in [0.05, 0.1) is 0 Å². The zero-order valence-electron chi connectivity index (χ0n) is 9.99. The van der Waals surface area contributed by atoms with Gasteiger partial charge in [-0.2, -0.15) is 0 Å². The van der Waals surface area contributed by atoms with Crippen molar-refractivity contribution < 1.29 is 0 Å². The van der Waals surface area contributed by atoms with Crippen LogP contribution in [0.15, 0.2) is 29.6 Å². The SMILES string of the molecule is CCC(CC)CNc1ccc2sccc2c1. The Bertz CT molecular complexity index is 443. The zero-order chi connectivity index (χ0) is 11.4. The van der Waals surface area contributed by atoms with Crippen molar-refractivity contribution in [1.82, 2.24) is 0 Å². The van der Waals surface area contributed by atoms with E-state index in [1.807, 2.05) is 0 Å². The summed E-state index contributed by atoms with van der Waals surface area (Å²) in [5.41, 5.74) is 1.25. The lowest BCUT2D eigenvalue weighted by molar-refractivity contribution is 0.519. The summed E-state index contributed by atoms with van der Waals surface area (Å²) in [6, 6.07) is 8.81. The molecule has 1 N–H and O–H groups in total. The van der Waals surface area contributed by atoms with Crippen LogP contribution in [0.3, 0.4) is 0 Å². The van der Waals surface area contributed by atoms with E-state index in [0.29, 0.717) is 0 Å². The van der Waals surface area contributed by atoms with E-state index in [1.165, 1.54) is 28.6 Å². The largest absolute Gasteiger partial charge is 0.385 e. The molecular weight excluding hydrogens is 214 g/mol. The minimum absolute atomic E-state index is 0.790. The van der Waals surface area contributed by atoms with Gasteiger partial charge >= 0.3 is 0 Å². The van der Waals surface area contributed by atoms with E-state index in [4.69, 9.17) is 0 Å². The van der Waals surface area contributed by atoms with Gasteiger partial charge in [0.2, 0.25) is 0 Å². The molecule has 16 heavy (non-hydrogen) atoms. The van der Waals surface area contributed by atoms with E-state index < -0.39 is 0 Å². The summed E-state index contributed by atoms with van der Waals surface area (Å²) >= 11 is 1.80. The van der Waals surface area contributed by atoms with Crippen molar-refractivity contribution in [3.63, 3.8) is 0 Å². The van der Waals surface area contributed by atoms with E-state index in [1.54, 1.807) is 11.3 Å². The van der Waals surface area contributed by atoms with Crippen molar-refractivity contribution in [3.05, 3.63) is 29.6 Å². The number of benzene rings is 1. The molecule has 2 aromatic rings. The van der Waals surface area contributed by atoms with Crippen molar-refractivity contribution >= 4 is 27.1 Å². The Morgan fingerprint density at radius 3 is 2.75 bits per heavy atom. The molecule has 0 unspecified atom stereocenters. The second-order valence-corrected chi connectivity index (χ2v) is 5.18. The molecule has 0 aliphatic rings. The predicted molar refractivity (Wildman–Crippen MR) is 74.4 cm³/mol. The number of hydrogen-bond donors (Lipinski definition) is 1. The van der Waals surface area contributed by atoms with Gasteiger partial charge in [-0.3, -0.25) is 0 Å². The van der Waals surface area contributed by atoms with Crippen LogP contribution in [0.4, 0.5) is 5.69 Å². The molecule has 2 rings (SSSR count). The van der Waals surface area contributed by atoms with Crippen LogP contribution in [-0.4, -0.2) is 6.54 Å². The van der Waals surface area contributed by atoms with Gasteiger partial charge in [0.25, 0.3) is 0 Å². The molecular formula is C14H19NS. The van der Waals surface area contributed by atoms with Crippen LogP contribution in [-0.2, 0) is 0 Å². The fraction of sp³-hybridized carbons (Fsp3) is 0.429. The molecule has 1 aromatic carbocycles. The predicted octanol–water partition coefficient (Wildman–Crippen LogP) is 4.75. The maximum atomic E-state index is 3.53. The number of thiophene rings is 1. The summed E-state index contributed by atoms with van der Waals surface area (Å²) < 4.78 is 1.37. The first kappa shape index (κ1) is 11.5. The van der Waals surface area contributed by atoms with E-state index in [-0.39, 0.29) is 0 Å². The Morgan fingerprint density at radius 2 is 2.00 bits per heavy atom. The van der Waals surface area contributed by atoms with Gasteiger partial charge in [-0.05, 0) is 40.9 Å². The average Bonchev–Trinajstić information content (AvgIpc) is 2.77. The molecule has 0 aliphatic heterocycles. The summed E-state index contributed by atoms with van der Waals surface area (Å²) in [5, 5.41) is 7.03. The Labute approximate surface area is 101 Å². The maximum Gasteiger partial charge on any atom is 0.0347 e. The number of hydrogen-bond acceptors (Lipinski definition) is 2. The summed E-state index contributed by atoms with van der Waals surface area (Å²) in [4.78, 5) is 0. The van der Waals surface area contributed by atoms with Crippen molar-refractivity contribution in [2.24, 2.45) is 5.92 Å². The summed E-state index contributed by atoms with van der Waals surface area (Å²) in [5.74, 6) is 0.790. The normalized spacial score (nSPS) is 11.2. The van der Waals surface area contributed by atoms with Crippen molar-refractivity contribution in [2.45, 2.75) is 26.7 Å². The monoisotopic (exact) mass is 233 g/mol. The highest BCUT2D eigenvalue weighted by Crippen LogP contribution is 2.24. The van der Waals surface area contributed by atoms with E-state index in [0.717, 1.165) is 12.5 Å². The lowest BCUT2D eigenvalue weighted by atomic mass is 10.0.